The molecule has 0 saturated heterocycles. The Morgan fingerprint density at radius 2 is 2.08 bits per heavy atom. The first-order valence-corrected chi connectivity index (χ1v) is 4.33. The average Bonchev–Trinajstić information content (AvgIpc) is 2.17. The Bertz CT molecular complexity index is 248. The van der Waals surface area contributed by atoms with Crippen LogP contribution in [0.15, 0.2) is 18.5 Å². The Morgan fingerprint density at radius 1 is 1.46 bits per heavy atom. The van der Waals surface area contributed by atoms with E-state index in [0.717, 1.165) is 6.42 Å². The molecule has 1 unspecified atom stereocenters. The van der Waals surface area contributed by atoms with Gasteiger partial charge in [-0.05, 0) is 19.4 Å². The summed E-state index contributed by atoms with van der Waals surface area (Å²) in [4.78, 5) is 7.85. The predicted molar refractivity (Wildman–Crippen MR) is 50.4 cm³/mol. The smallest absolute Gasteiger partial charge is 0.316 e. The molecule has 0 spiro atoms. The molecule has 0 fully saturated rings. The Balaban J connectivity index is 2.44. The Hall–Kier alpha value is -1.16. The maximum Gasteiger partial charge on any atom is 0.316 e. The van der Waals surface area contributed by atoms with E-state index in [1.165, 1.54) is 0 Å². The van der Waals surface area contributed by atoms with Crippen molar-refractivity contribution in [3.63, 3.8) is 0 Å². The number of hydrogen-bond donors (Lipinski definition) is 1. The molecule has 1 atom stereocenters. The summed E-state index contributed by atoms with van der Waals surface area (Å²) in [5.41, 5.74) is 5.58. The second kappa shape index (κ2) is 4.18. The fraction of sp³-hybridized carbons (Fsp3) is 0.556. The maximum absolute atomic E-state index is 5.88. The van der Waals surface area contributed by atoms with E-state index in [0.29, 0.717) is 12.6 Å². The molecular formula is C9H15N3O. The van der Waals surface area contributed by atoms with E-state index in [1.807, 2.05) is 13.8 Å². The zero-order valence-electron chi connectivity index (χ0n) is 8.03. The first-order chi connectivity index (χ1) is 6.14. The van der Waals surface area contributed by atoms with Crippen molar-refractivity contribution in [2.75, 3.05) is 6.61 Å². The molecule has 0 bridgehead atoms. The standard InChI is InChI=1S/C9H15N3O/c1-3-9(2,10)7-13-8-11-5-4-6-12-8/h4-6H,3,7,10H2,1-2H3. The molecule has 0 radical (unpaired) electrons. The molecule has 0 amide bonds. The lowest BCUT2D eigenvalue weighted by Crippen LogP contribution is -2.41. The summed E-state index contributed by atoms with van der Waals surface area (Å²) < 4.78 is 5.31. The van der Waals surface area contributed by atoms with E-state index in [2.05, 4.69) is 9.97 Å². The van der Waals surface area contributed by atoms with Gasteiger partial charge in [-0.3, -0.25) is 0 Å². The number of ether oxygens (including phenoxy) is 1. The van der Waals surface area contributed by atoms with E-state index in [4.69, 9.17) is 10.5 Å². The number of nitrogens with zero attached hydrogens (tertiary/aromatic N) is 2. The molecule has 0 aliphatic rings. The highest BCUT2D eigenvalue weighted by Crippen LogP contribution is 2.07. The molecule has 1 rings (SSSR count). The van der Waals surface area contributed by atoms with Crippen molar-refractivity contribution in [1.29, 1.82) is 0 Å². The minimum atomic E-state index is -0.306. The summed E-state index contributed by atoms with van der Waals surface area (Å²) in [6.45, 7) is 4.40. The van der Waals surface area contributed by atoms with Crippen LogP contribution in [0.1, 0.15) is 20.3 Å². The van der Waals surface area contributed by atoms with Gasteiger partial charge in [-0.1, -0.05) is 6.92 Å². The predicted octanol–water partition coefficient (Wildman–Crippen LogP) is 0.983. The van der Waals surface area contributed by atoms with Gasteiger partial charge in [0.25, 0.3) is 0 Å². The molecule has 1 heterocycles. The number of nitrogens with two attached hydrogens (primary N) is 1. The van der Waals surface area contributed by atoms with Crippen LogP contribution in [0, 0.1) is 0 Å². The van der Waals surface area contributed by atoms with Gasteiger partial charge in [0.05, 0.1) is 0 Å². The van der Waals surface area contributed by atoms with Crippen LogP contribution in [0.5, 0.6) is 6.01 Å². The van der Waals surface area contributed by atoms with Crippen LogP contribution in [-0.4, -0.2) is 22.1 Å². The topological polar surface area (TPSA) is 61.0 Å². The third kappa shape index (κ3) is 3.38. The molecule has 72 valence electrons. The van der Waals surface area contributed by atoms with Crippen LogP contribution in [0.4, 0.5) is 0 Å². The number of rotatable bonds is 4. The minimum absolute atomic E-state index is 0.306. The van der Waals surface area contributed by atoms with Crippen molar-refractivity contribution in [2.24, 2.45) is 5.73 Å². The lowest BCUT2D eigenvalue weighted by Gasteiger charge is -2.21. The number of aromatic nitrogens is 2. The molecule has 0 aliphatic carbocycles. The lowest BCUT2D eigenvalue weighted by molar-refractivity contribution is 0.211. The molecule has 4 heteroatoms. The molecule has 4 nitrogen and oxygen atoms in total. The van der Waals surface area contributed by atoms with Crippen LogP contribution >= 0.6 is 0 Å². The third-order valence-electron chi connectivity index (χ3n) is 1.88. The minimum Gasteiger partial charge on any atom is -0.462 e. The van der Waals surface area contributed by atoms with Gasteiger partial charge in [-0.25, -0.2) is 9.97 Å². The van der Waals surface area contributed by atoms with Gasteiger partial charge in [-0.15, -0.1) is 0 Å². The monoisotopic (exact) mass is 181 g/mol. The number of hydrogen-bond acceptors (Lipinski definition) is 4. The summed E-state index contributed by atoms with van der Waals surface area (Å²) in [7, 11) is 0. The second-order valence-corrected chi connectivity index (χ2v) is 3.33. The molecular weight excluding hydrogens is 166 g/mol. The van der Waals surface area contributed by atoms with E-state index in [9.17, 15) is 0 Å². The average molecular weight is 181 g/mol. The van der Waals surface area contributed by atoms with E-state index < -0.39 is 0 Å². The van der Waals surface area contributed by atoms with Crippen LogP contribution in [-0.2, 0) is 0 Å². The maximum atomic E-state index is 5.88. The van der Waals surface area contributed by atoms with E-state index >= 15 is 0 Å². The second-order valence-electron chi connectivity index (χ2n) is 3.33. The van der Waals surface area contributed by atoms with Crippen molar-refractivity contribution < 1.29 is 4.74 Å². The molecule has 1 aromatic rings. The first-order valence-electron chi connectivity index (χ1n) is 4.33. The summed E-state index contributed by atoms with van der Waals surface area (Å²) >= 11 is 0. The van der Waals surface area contributed by atoms with Crippen LogP contribution in [0.2, 0.25) is 0 Å². The van der Waals surface area contributed by atoms with Crippen molar-refractivity contribution in [1.82, 2.24) is 9.97 Å². The zero-order chi connectivity index (χ0) is 9.73. The Morgan fingerprint density at radius 3 is 2.62 bits per heavy atom. The SMILES string of the molecule is CCC(C)(N)COc1ncccn1. The van der Waals surface area contributed by atoms with Gasteiger partial charge in [-0.2, -0.15) is 0 Å². The summed E-state index contributed by atoms with van der Waals surface area (Å²) in [5.74, 6) is 0. The normalized spacial score (nSPS) is 15.0. The largest absolute Gasteiger partial charge is 0.462 e. The van der Waals surface area contributed by atoms with Crippen LogP contribution < -0.4 is 10.5 Å². The highest BCUT2D eigenvalue weighted by molar-refractivity contribution is 4.94. The van der Waals surface area contributed by atoms with Gasteiger partial charge in [0.15, 0.2) is 0 Å². The third-order valence-corrected chi connectivity index (χ3v) is 1.88. The zero-order valence-corrected chi connectivity index (χ0v) is 8.03. The van der Waals surface area contributed by atoms with E-state index in [-0.39, 0.29) is 5.54 Å². The van der Waals surface area contributed by atoms with Crippen molar-refractivity contribution >= 4 is 0 Å². The Kier molecular flexibility index (Phi) is 3.19. The van der Waals surface area contributed by atoms with Gasteiger partial charge >= 0.3 is 6.01 Å². The summed E-state index contributed by atoms with van der Waals surface area (Å²) in [6, 6.07) is 2.13. The summed E-state index contributed by atoms with van der Waals surface area (Å²) in [5, 5.41) is 0. The lowest BCUT2D eigenvalue weighted by atomic mass is 10.0. The first kappa shape index (κ1) is 9.92. The highest BCUT2D eigenvalue weighted by atomic mass is 16.5. The molecule has 2 N–H and O–H groups in total. The van der Waals surface area contributed by atoms with Gasteiger partial charge < -0.3 is 10.5 Å². The molecule has 13 heavy (non-hydrogen) atoms. The quantitative estimate of drug-likeness (QED) is 0.752. The highest BCUT2D eigenvalue weighted by Gasteiger charge is 2.16. The molecule has 0 aromatic carbocycles. The van der Waals surface area contributed by atoms with Crippen molar-refractivity contribution in [2.45, 2.75) is 25.8 Å². The molecule has 0 saturated carbocycles. The molecule has 1 aromatic heterocycles. The summed E-state index contributed by atoms with van der Waals surface area (Å²) in [6.07, 6.45) is 4.14. The van der Waals surface area contributed by atoms with Crippen LogP contribution in [0.25, 0.3) is 0 Å². The van der Waals surface area contributed by atoms with Gasteiger partial charge in [0.1, 0.15) is 6.61 Å². The van der Waals surface area contributed by atoms with Crippen molar-refractivity contribution in [3.05, 3.63) is 18.5 Å². The van der Waals surface area contributed by atoms with Gasteiger partial charge in [0, 0.05) is 17.9 Å². The fourth-order valence-electron chi connectivity index (χ4n) is 0.691. The van der Waals surface area contributed by atoms with Crippen LogP contribution in [0.3, 0.4) is 0 Å². The molecule has 0 aliphatic heterocycles. The fourth-order valence-corrected chi connectivity index (χ4v) is 0.691. The van der Waals surface area contributed by atoms with Gasteiger partial charge in [0.2, 0.25) is 0 Å². The van der Waals surface area contributed by atoms with E-state index in [1.54, 1.807) is 18.5 Å². The van der Waals surface area contributed by atoms with Crippen molar-refractivity contribution in [3.8, 4) is 6.01 Å². The Labute approximate surface area is 78.1 Å².